The number of aliphatic carboxylic acids is 4. The molecule has 0 saturated carbocycles. The van der Waals surface area contributed by atoms with Crippen molar-refractivity contribution in [2.75, 3.05) is 55.4 Å². The van der Waals surface area contributed by atoms with Crippen molar-refractivity contribution in [1.29, 1.82) is 0 Å². The fourth-order valence-corrected chi connectivity index (χ4v) is 3.18. The van der Waals surface area contributed by atoms with Crippen LogP contribution in [-0.2, 0) is 38.2 Å². The van der Waals surface area contributed by atoms with Gasteiger partial charge in [-0.15, -0.1) is 0 Å². The number of carboxylic acids is 4. The van der Waals surface area contributed by atoms with Crippen molar-refractivity contribution in [2.24, 2.45) is 11.8 Å². The third-order valence-electron chi connectivity index (χ3n) is 4.42. The van der Waals surface area contributed by atoms with Crippen molar-refractivity contribution in [2.45, 2.75) is 65.6 Å². The molecule has 0 saturated heterocycles. The highest BCUT2D eigenvalue weighted by Crippen LogP contribution is 2.10. The van der Waals surface area contributed by atoms with E-state index in [2.05, 4.69) is 0 Å². The van der Waals surface area contributed by atoms with Crippen LogP contribution < -0.4 is 0 Å². The van der Waals surface area contributed by atoms with Crippen molar-refractivity contribution < 1.29 is 67.6 Å². The van der Waals surface area contributed by atoms with Crippen LogP contribution in [0.25, 0.3) is 0 Å². The smallest absolute Gasteiger partial charge is 0.328 e. The maximum Gasteiger partial charge on any atom is 0.328 e. The summed E-state index contributed by atoms with van der Waals surface area (Å²) in [5.74, 6) is -4.60. The molecule has 2 atom stereocenters. The normalized spacial score (nSPS) is 12.8. The lowest BCUT2D eigenvalue weighted by Crippen LogP contribution is -2.43. The van der Waals surface area contributed by atoms with Gasteiger partial charge < -0.3 is 38.9 Å². The van der Waals surface area contributed by atoms with Gasteiger partial charge in [0, 0.05) is 25.0 Å². The van der Waals surface area contributed by atoms with Crippen LogP contribution >= 0.6 is 0 Å². The Morgan fingerprint density at radius 1 is 0.548 bits per heavy atom. The van der Waals surface area contributed by atoms with Crippen molar-refractivity contribution in [1.82, 2.24) is 0 Å². The maximum absolute atomic E-state index is 11.5. The van der Waals surface area contributed by atoms with E-state index in [-0.39, 0.29) is 36.6 Å². The van der Waals surface area contributed by atoms with Gasteiger partial charge >= 0.3 is 35.8 Å². The highest BCUT2D eigenvalue weighted by atomic mass is 16.5. The van der Waals surface area contributed by atoms with Crippen LogP contribution in [0.1, 0.15) is 53.4 Å². The Hall–Kier alpha value is -3.52. The number of hydrogen-bond acceptors (Lipinski definition) is 8. The number of quaternary nitrogens is 2. The zero-order valence-electron chi connectivity index (χ0n) is 26.7. The van der Waals surface area contributed by atoms with Crippen molar-refractivity contribution >= 4 is 35.8 Å². The van der Waals surface area contributed by atoms with Crippen LogP contribution in [0.3, 0.4) is 0 Å². The second-order valence-corrected chi connectivity index (χ2v) is 12.6. The Balaban J connectivity index is -0.000000579. The monoisotopic (exact) mass is 608 g/mol. The number of carbonyl (C=O) groups is 6. The van der Waals surface area contributed by atoms with E-state index in [1.807, 2.05) is 70.0 Å². The predicted octanol–water partition coefficient (Wildman–Crippen LogP) is 1.96. The number of rotatable bonds is 16. The largest absolute Gasteiger partial charge is 0.481 e. The molecule has 244 valence electrons. The van der Waals surface area contributed by atoms with Crippen LogP contribution in [0.4, 0.5) is 0 Å². The number of esters is 2. The lowest BCUT2D eigenvalue weighted by atomic mass is 10.1. The van der Waals surface area contributed by atoms with Crippen LogP contribution in [0.2, 0.25) is 0 Å². The molecular formula is C28H52N2O12+2. The zero-order valence-corrected chi connectivity index (χ0v) is 26.7. The minimum absolute atomic E-state index is 0.140. The fourth-order valence-electron chi connectivity index (χ4n) is 3.18. The van der Waals surface area contributed by atoms with Gasteiger partial charge in [-0.25, -0.2) is 9.59 Å². The molecule has 0 amide bonds. The molecule has 0 aromatic carbocycles. The minimum atomic E-state index is -1.26. The number of carboxylic acid groups (broad SMARTS) is 4. The topological polar surface area (TPSA) is 202 Å². The lowest BCUT2D eigenvalue weighted by Gasteiger charge is -2.28. The summed E-state index contributed by atoms with van der Waals surface area (Å²) in [6.45, 7) is 8.69. The molecule has 0 unspecified atom stereocenters. The molecule has 0 fully saturated rings. The Labute approximate surface area is 248 Å². The average Bonchev–Trinajstić information content (AvgIpc) is 2.68. The molecule has 0 heterocycles. The first kappa shape index (κ1) is 42.9. The quantitative estimate of drug-likeness (QED) is 0.113. The van der Waals surface area contributed by atoms with Crippen molar-refractivity contribution in [3.63, 3.8) is 0 Å². The number of ether oxygens (including phenoxy) is 2. The van der Waals surface area contributed by atoms with E-state index in [9.17, 15) is 28.8 Å². The Morgan fingerprint density at radius 2 is 0.810 bits per heavy atom. The Kier molecular flexibility index (Phi) is 21.7. The second kappa shape index (κ2) is 21.2. The van der Waals surface area contributed by atoms with E-state index < -0.39 is 36.1 Å². The first-order chi connectivity index (χ1) is 18.8. The van der Waals surface area contributed by atoms with E-state index >= 15 is 0 Å². The van der Waals surface area contributed by atoms with Crippen LogP contribution in [0, 0.1) is 11.8 Å². The first-order valence-corrected chi connectivity index (χ1v) is 13.4. The predicted molar refractivity (Wildman–Crippen MR) is 153 cm³/mol. The highest BCUT2D eigenvalue weighted by Gasteiger charge is 2.26. The van der Waals surface area contributed by atoms with Crippen LogP contribution in [0.15, 0.2) is 12.2 Å². The van der Waals surface area contributed by atoms with Gasteiger partial charge in [-0.05, 0) is 11.8 Å². The van der Waals surface area contributed by atoms with E-state index in [1.54, 1.807) is 0 Å². The molecule has 0 aromatic rings. The summed E-state index contributed by atoms with van der Waals surface area (Å²) in [7, 11) is 11.6. The number of hydrogen-bond donors (Lipinski definition) is 4. The second-order valence-electron chi connectivity index (χ2n) is 12.6. The van der Waals surface area contributed by atoms with Crippen LogP contribution in [-0.4, -0.2) is 133 Å². The Morgan fingerprint density at radius 3 is 0.976 bits per heavy atom. The van der Waals surface area contributed by atoms with Gasteiger partial charge in [-0.1, -0.05) is 27.7 Å². The summed E-state index contributed by atoms with van der Waals surface area (Å²) in [6.07, 6.45) is 0.377. The van der Waals surface area contributed by atoms with Gasteiger partial charge in [-0.3, -0.25) is 19.2 Å². The fraction of sp³-hybridized carbons (Fsp3) is 0.714. The summed E-state index contributed by atoms with van der Waals surface area (Å²) in [5.41, 5.74) is 0. The van der Waals surface area contributed by atoms with Gasteiger partial charge in [0.15, 0.2) is 12.2 Å². The third kappa shape index (κ3) is 36.5. The standard InChI is InChI=1S/2C12H23NO4.C4H4O4/c2*1-9(2)6-12(16)17-10(7-11(14)15)8-13(3,4)5;5-3(6)1-2-4(7)8/h2*9-10H,6-8H2,1-5H3;1-2H,(H,5,6)(H,7,8)/p+2/b;;2-1+/t2*10-;/m11./s1. The molecule has 14 heteroatoms. The van der Waals surface area contributed by atoms with Crippen molar-refractivity contribution in [3.05, 3.63) is 12.2 Å². The average molecular weight is 609 g/mol. The minimum Gasteiger partial charge on any atom is -0.481 e. The summed E-state index contributed by atoms with van der Waals surface area (Å²) < 4.78 is 11.6. The molecule has 42 heavy (non-hydrogen) atoms. The molecule has 0 spiro atoms. The molecule has 0 aliphatic rings. The molecule has 0 aliphatic carbocycles. The number of carbonyl (C=O) groups excluding carboxylic acids is 2. The maximum atomic E-state index is 11.5. The van der Waals surface area contributed by atoms with Gasteiger partial charge in [0.25, 0.3) is 0 Å². The molecule has 0 aliphatic heterocycles. The molecule has 14 nitrogen and oxygen atoms in total. The van der Waals surface area contributed by atoms with Gasteiger partial charge in [-0.2, -0.15) is 0 Å². The summed E-state index contributed by atoms with van der Waals surface area (Å²) in [6, 6.07) is 0. The van der Waals surface area contributed by atoms with Gasteiger partial charge in [0.1, 0.15) is 13.1 Å². The number of likely N-dealkylation sites (N-methyl/N-ethyl adjacent to an activating group) is 2. The highest BCUT2D eigenvalue weighted by molar-refractivity contribution is 5.89. The SMILES string of the molecule is CC(C)CC(=O)O[C@H](CC(=O)O)C[N+](C)(C)C.CC(C)CC(=O)O[C@H](CC(=O)O)C[N+](C)(C)C.O=C(O)/C=C/C(=O)O. The summed E-state index contributed by atoms with van der Waals surface area (Å²) in [4.78, 5) is 63.5. The number of nitrogens with zero attached hydrogens (tertiary/aromatic N) is 2. The Bertz CT molecular complexity index is 828. The molecule has 0 rings (SSSR count). The molecule has 0 radical (unpaired) electrons. The van der Waals surface area contributed by atoms with E-state index in [0.717, 1.165) is 0 Å². The third-order valence-corrected chi connectivity index (χ3v) is 4.42. The summed E-state index contributed by atoms with van der Waals surface area (Å²) >= 11 is 0. The van der Waals surface area contributed by atoms with Crippen LogP contribution in [0.5, 0.6) is 0 Å². The first-order valence-electron chi connectivity index (χ1n) is 13.4. The van der Waals surface area contributed by atoms with Crippen molar-refractivity contribution in [3.8, 4) is 0 Å². The van der Waals surface area contributed by atoms with E-state index in [4.69, 9.17) is 29.9 Å². The molecule has 4 N–H and O–H groups in total. The van der Waals surface area contributed by atoms with E-state index in [0.29, 0.717) is 47.0 Å². The molecular weight excluding hydrogens is 556 g/mol. The lowest BCUT2D eigenvalue weighted by molar-refractivity contribution is -0.873. The van der Waals surface area contributed by atoms with E-state index in [1.165, 1.54) is 0 Å². The zero-order chi connectivity index (χ0) is 33.8. The van der Waals surface area contributed by atoms with Gasteiger partial charge in [0.05, 0.1) is 55.1 Å². The summed E-state index contributed by atoms with van der Waals surface area (Å²) in [5, 5.41) is 33.2. The van der Waals surface area contributed by atoms with Gasteiger partial charge in [0.2, 0.25) is 0 Å². The molecule has 0 bridgehead atoms. The molecule has 0 aromatic heterocycles.